The molecular formula is C32H42F2O4. The number of alkyl halides is 1. The van der Waals surface area contributed by atoms with Crippen LogP contribution in [0.4, 0.5) is 8.78 Å². The second-order valence-electron chi connectivity index (χ2n) is 10.5. The molecule has 208 valence electrons. The monoisotopic (exact) mass is 528 g/mol. The second-order valence-corrected chi connectivity index (χ2v) is 10.5. The second kappa shape index (κ2) is 15.6. The van der Waals surface area contributed by atoms with Crippen molar-refractivity contribution in [2.45, 2.75) is 96.6 Å². The van der Waals surface area contributed by atoms with E-state index < -0.39 is 30.3 Å². The Bertz CT molecular complexity index is 1010. The molecule has 0 aliphatic heterocycles. The van der Waals surface area contributed by atoms with Crippen LogP contribution in [0.2, 0.25) is 0 Å². The fourth-order valence-electron chi connectivity index (χ4n) is 5.23. The lowest BCUT2D eigenvalue weighted by Gasteiger charge is -2.28. The Morgan fingerprint density at radius 2 is 1.63 bits per heavy atom. The lowest BCUT2D eigenvalue weighted by Crippen LogP contribution is -2.16. The number of Topliss-reactive ketones (excluding diaryl/α,β-unsaturated/α-hetero) is 1. The summed E-state index contributed by atoms with van der Waals surface area (Å²) in [7, 11) is 0. The molecule has 0 heterocycles. The molecule has 0 spiro atoms. The summed E-state index contributed by atoms with van der Waals surface area (Å²) in [6.07, 6.45) is 10.5. The average molecular weight is 529 g/mol. The number of carbonyl (C=O) groups is 2. The Morgan fingerprint density at radius 3 is 2.29 bits per heavy atom. The molecule has 1 aliphatic rings. The van der Waals surface area contributed by atoms with E-state index in [-0.39, 0.29) is 17.9 Å². The molecule has 1 atom stereocenters. The highest BCUT2D eigenvalue weighted by Crippen LogP contribution is 2.37. The summed E-state index contributed by atoms with van der Waals surface area (Å²) in [6, 6.07) is 11.2. The average Bonchev–Trinajstić information content (AvgIpc) is 2.94. The van der Waals surface area contributed by atoms with E-state index in [0.717, 1.165) is 37.7 Å². The summed E-state index contributed by atoms with van der Waals surface area (Å²) in [4.78, 5) is 24.9. The molecule has 2 aromatic rings. The number of carbonyl (C=O) groups excluding carboxylic acids is 2. The van der Waals surface area contributed by atoms with Crippen molar-refractivity contribution in [3.05, 3.63) is 65.0 Å². The molecule has 6 heteroatoms. The van der Waals surface area contributed by atoms with Crippen LogP contribution >= 0.6 is 0 Å². The van der Waals surface area contributed by atoms with Crippen molar-refractivity contribution in [1.29, 1.82) is 0 Å². The highest BCUT2D eigenvalue weighted by Gasteiger charge is 2.22. The van der Waals surface area contributed by atoms with Gasteiger partial charge < -0.3 is 9.47 Å². The van der Waals surface area contributed by atoms with Crippen LogP contribution in [0.15, 0.2) is 42.5 Å². The molecule has 0 aromatic heterocycles. The van der Waals surface area contributed by atoms with Gasteiger partial charge in [-0.3, -0.25) is 4.79 Å². The molecule has 1 fully saturated rings. The Hall–Kier alpha value is -2.76. The first-order chi connectivity index (χ1) is 18.4. The fraction of sp³-hybridized carbons (Fsp3) is 0.562. The highest BCUT2D eigenvalue weighted by molar-refractivity contribution is 5.99. The lowest BCUT2D eigenvalue weighted by atomic mass is 9.77. The van der Waals surface area contributed by atoms with Crippen LogP contribution in [0.5, 0.6) is 5.75 Å². The van der Waals surface area contributed by atoms with E-state index in [1.165, 1.54) is 56.2 Å². The van der Waals surface area contributed by atoms with Gasteiger partial charge >= 0.3 is 5.97 Å². The van der Waals surface area contributed by atoms with Crippen LogP contribution in [0.1, 0.15) is 117 Å². The van der Waals surface area contributed by atoms with Gasteiger partial charge in [0, 0.05) is 5.56 Å². The number of ether oxygens (including phenoxy) is 2. The third-order valence-electron chi connectivity index (χ3n) is 7.54. The first-order valence-electron chi connectivity index (χ1n) is 14.3. The summed E-state index contributed by atoms with van der Waals surface area (Å²) in [6.45, 7) is 3.61. The van der Waals surface area contributed by atoms with Crippen LogP contribution in [0, 0.1) is 11.7 Å². The normalized spacial score (nSPS) is 18.1. The number of ketones is 1. The van der Waals surface area contributed by atoms with Gasteiger partial charge in [-0.2, -0.15) is 0 Å². The quantitative estimate of drug-likeness (QED) is 0.132. The summed E-state index contributed by atoms with van der Waals surface area (Å²) in [5.41, 5.74) is 1.68. The molecule has 1 saturated carbocycles. The van der Waals surface area contributed by atoms with Crippen LogP contribution in [0.25, 0.3) is 0 Å². The molecule has 0 radical (unpaired) electrons. The van der Waals surface area contributed by atoms with Crippen molar-refractivity contribution >= 4 is 11.8 Å². The minimum Gasteiger partial charge on any atom is -0.487 e. The van der Waals surface area contributed by atoms with E-state index in [1.54, 1.807) is 12.1 Å². The summed E-state index contributed by atoms with van der Waals surface area (Å²) >= 11 is 0. The van der Waals surface area contributed by atoms with Crippen molar-refractivity contribution in [3.8, 4) is 5.75 Å². The summed E-state index contributed by atoms with van der Waals surface area (Å²) in [5.74, 6) is -0.604. The summed E-state index contributed by atoms with van der Waals surface area (Å²) in [5, 5.41) is 0. The Morgan fingerprint density at radius 1 is 0.921 bits per heavy atom. The van der Waals surface area contributed by atoms with Gasteiger partial charge in [0.2, 0.25) is 0 Å². The van der Waals surface area contributed by atoms with Gasteiger partial charge in [-0.15, -0.1) is 0 Å². The molecular weight excluding hydrogens is 486 g/mol. The van der Waals surface area contributed by atoms with E-state index in [1.807, 2.05) is 12.1 Å². The molecule has 4 nitrogen and oxygen atoms in total. The minimum atomic E-state index is -1.16. The molecule has 1 unspecified atom stereocenters. The van der Waals surface area contributed by atoms with E-state index in [2.05, 4.69) is 13.8 Å². The third-order valence-corrected chi connectivity index (χ3v) is 7.54. The summed E-state index contributed by atoms with van der Waals surface area (Å²) < 4.78 is 38.9. The zero-order chi connectivity index (χ0) is 27.3. The van der Waals surface area contributed by atoms with Crippen molar-refractivity contribution in [2.24, 2.45) is 5.92 Å². The van der Waals surface area contributed by atoms with Gasteiger partial charge in [0.25, 0.3) is 0 Å². The largest absolute Gasteiger partial charge is 0.487 e. The lowest BCUT2D eigenvalue weighted by molar-refractivity contribution is 0.0474. The molecule has 3 rings (SSSR count). The number of unbranched alkanes of at least 4 members (excludes halogenated alkanes) is 3. The van der Waals surface area contributed by atoms with Gasteiger partial charge in [0.1, 0.15) is 12.8 Å². The first kappa shape index (κ1) is 29.8. The molecule has 38 heavy (non-hydrogen) atoms. The number of halogens is 2. The van der Waals surface area contributed by atoms with Crippen LogP contribution in [0.3, 0.4) is 0 Å². The number of esters is 1. The topological polar surface area (TPSA) is 52.6 Å². The van der Waals surface area contributed by atoms with E-state index in [9.17, 15) is 18.4 Å². The molecule has 1 aliphatic carbocycles. The Kier molecular flexibility index (Phi) is 12.2. The van der Waals surface area contributed by atoms with Crippen LogP contribution in [-0.4, -0.2) is 31.1 Å². The maximum atomic E-state index is 14.4. The predicted octanol–water partition coefficient (Wildman–Crippen LogP) is 8.63. The minimum absolute atomic E-state index is 0.0630. The zero-order valence-electron chi connectivity index (χ0n) is 22.9. The first-order valence-corrected chi connectivity index (χ1v) is 14.3. The van der Waals surface area contributed by atoms with E-state index >= 15 is 0 Å². The predicted molar refractivity (Wildman–Crippen MR) is 146 cm³/mol. The number of benzene rings is 2. The van der Waals surface area contributed by atoms with Gasteiger partial charge in [0.15, 0.2) is 24.0 Å². The number of hydrogen-bond donors (Lipinski definition) is 0. The smallest absolute Gasteiger partial charge is 0.338 e. The fourth-order valence-corrected chi connectivity index (χ4v) is 5.23. The maximum absolute atomic E-state index is 14.4. The number of rotatable bonds is 15. The maximum Gasteiger partial charge on any atom is 0.338 e. The van der Waals surface area contributed by atoms with Crippen molar-refractivity contribution in [2.75, 3.05) is 13.2 Å². The molecule has 0 N–H and O–H groups in total. The van der Waals surface area contributed by atoms with Gasteiger partial charge in [0.05, 0.1) is 5.56 Å². The zero-order valence-corrected chi connectivity index (χ0v) is 22.9. The SMILES string of the molecule is CCCCCCC(F)COc1ccc(C(=O)COC(=O)c2ccc(C3CCC(CCC)CC3)cc2)cc1F. The van der Waals surface area contributed by atoms with Gasteiger partial charge in [-0.25, -0.2) is 13.6 Å². The van der Waals surface area contributed by atoms with E-state index in [4.69, 9.17) is 9.47 Å². The molecule has 2 aromatic carbocycles. The van der Waals surface area contributed by atoms with Crippen molar-refractivity contribution in [1.82, 2.24) is 0 Å². The Labute approximate surface area is 226 Å². The van der Waals surface area contributed by atoms with Crippen LogP contribution in [-0.2, 0) is 4.74 Å². The van der Waals surface area contributed by atoms with Crippen molar-refractivity contribution in [3.63, 3.8) is 0 Å². The third kappa shape index (κ3) is 9.21. The molecule has 0 saturated heterocycles. The number of hydrogen-bond acceptors (Lipinski definition) is 4. The van der Waals surface area contributed by atoms with Crippen LogP contribution < -0.4 is 4.74 Å². The Balaban J connectivity index is 1.44. The van der Waals surface area contributed by atoms with E-state index in [0.29, 0.717) is 17.9 Å². The molecule has 0 bridgehead atoms. The highest BCUT2D eigenvalue weighted by atomic mass is 19.1. The van der Waals surface area contributed by atoms with Crippen molar-refractivity contribution < 1.29 is 27.8 Å². The van der Waals surface area contributed by atoms with Gasteiger partial charge in [-0.05, 0) is 79.8 Å². The van der Waals surface area contributed by atoms with Gasteiger partial charge in [-0.1, -0.05) is 64.5 Å². The standard InChI is InChI=1S/C32H42F2O4/c1-3-5-6-7-9-28(33)21-37-31-19-18-27(20-29(31)34)30(35)22-38-32(36)26-16-14-25(15-17-26)24-12-10-23(8-4-2)11-13-24/h14-20,23-24,28H,3-13,21-22H2,1-2H3. The molecule has 0 amide bonds.